The summed E-state index contributed by atoms with van der Waals surface area (Å²) in [6.07, 6.45) is -5.10. The van der Waals surface area contributed by atoms with Crippen LogP contribution in [0.4, 0.5) is 30.5 Å². The van der Waals surface area contributed by atoms with E-state index in [1.807, 2.05) is 0 Å². The van der Waals surface area contributed by atoms with E-state index in [2.05, 4.69) is 4.98 Å². The molecule has 1 nitrogen and oxygen atoms in total. The highest BCUT2D eigenvalue weighted by Gasteiger charge is 2.36. The number of rotatable bonds is 1. The van der Waals surface area contributed by atoms with Crippen molar-refractivity contribution in [2.24, 2.45) is 0 Å². The van der Waals surface area contributed by atoms with Gasteiger partial charge in [-0.05, 0) is 6.07 Å². The van der Waals surface area contributed by atoms with Crippen LogP contribution in [0.15, 0.2) is 12.1 Å². The highest BCUT2D eigenvalue weighted by Crippen LogP contribution is 2.27. The van der Waals surface area contributed by atoms with Gasteiger partial charge in [-0.2, -0.15) is 17.6 Å². The van der Waals surface area contributed by atoms with Crippen LogP contribution in [0.5, 0.6) is 0 Å². The van der Waals surface area contributed by atoms with Gasteiger partial charge in [-0.1, -0.05) is 6.07 Å². The third-order valence-corrected chi connectivity index (χ3v) is 1.48. The van der Waals surface area contributed by atoms with Crippen LogP contribution >= 0.6 is 0 Å². The van der Waals surface area contributed by atoms with E-state index in [1.54, 1.807) is 0 Å². The van der Waals surface area contributed by atoms with Crippen molar-refractivity contribution in [3.05, 3.63) is 23.8 Å². The molecule has 0 spiro atoms. The van der Waals surface area contributed by atoms with Gasteiger partial charge in [0.05, 0.1) is 0 Å². The van der Waals surface area contributed by atoms with Gasteiger partial charge >= 0.3 is 13.2 Å². The molecule has 0 amide bonds. The van der Waals surface area contributed by atoms with E-state index >= 15 is 0 Å². The van der Waals surface area contributed by atoms with Crippen molar-refractivity contribution in [3.63, 3.8) is 0 Å². The SMILES string of the molecule is Fc1cc([B-](F)(F)F)cc(C(F)(F)F)n1. The fraction of sp³-hybridized carbons (Fsp3) is 0.167. The quantitative estimate of drug-likeness (QED) is 0.411. The van der Waals surface area contributed by atoms with Gasteiger partial charge in [-0.3, -0.25) is 0 Å². The molecule has 0 radical (unpaired) electrons. The molecule has 0 unspecified atom stereocenters. The van der Waals surface area contributed by atoms with Crippen LogP contribution in [0.1, 0.15) is 5.69 Å². The Balaban J connectivity index is 3.30. The summed E-state index contributed by atoms with van der Waals surface area (Å²) in [7, 11) is 0. The average Bonchev–Trinajstić information content (AvgIpc) is 1.99. The summed E-state index contributed by atoms with van der Waals surface area (Å²) < 4.78 is 84.3. The lowest BCUT2D eigenvalue weighted by molar-refractivity contribution is -0.141. The zero-order valence-electron chi connectivity index (χ0n) is 6.83. The molecule has 0 atom stereocenters. The molecule has 9 heteroatoms. The first-order chi connectivity index (χ1) is 6.60. The maximum atomic E-state index is 12.4. The monoisotopic (exact) mass is 232 g/mol. The Kier molecular flexibility index (Phi) is 2.66. The van der Waals surface area contributed by atoms with E-state index in [-0.39, 0.29) is 12.1 Å². The maximum Gasteiger partial charge on any atom is 0.509 e. The van der Waals surface area contributed by atoms with Gasteiger partial charge in [0.25, 0.3) is 0 Å². The third-order valence-electron chi connectivity index (χ3n) is 1.48. The van der Waals surface area contributed by atoms with E-state index in [0.717, 1.165) is 0 Å². The second kappa shape index (κ2) is 3.39. The Bertz CT molecular complexity index is 336. The van der Waals surface area contributed by atoms with E-state index < -0.39 is 30.3 Å². The van der Waals surface area contributed by atoms with Gasteiger partial charge in [-0.25, -0.2) is 4.98 Å². The Labute approximate surface area is 79.0 Å². The first-order valence-corrected chi connectivity index (χ1v) is 3.55. The molecule has 1 heterocycles. The number of pyridine rings is 1. The van der Waals surface area contributed by atoms with E-state index in [1.165, 1.54) is 0 Å². The first kappa shape index (κ1) is 11.8. The smallest absolute Gasteiger partial charge is 0.445 e. The van der Waals surface area contributed by atoms with Gasteiger partial charge in [0.2, 0.25) is 5.95 Å². The average molecular weight is 232 g/mol. The van der Waals surface area contributed by atoms with Crippen molar-refractivity contribution in [3.8, 4) is 0 Å². The number of alkyl halides is 3. The third kappa shape index (κ3) is 2.83. The largest absolute Gasteiger partial charge is 0.509 e. The summed E-state index contributed by atoms with van der Waals surface area (Å²) in [5.41, 5.74) is -3.55. The first-order valence-electron chi connectivity index (χ1n) is 3.55. The lowest BCUT2D eigenvalue weighted by atomic mass is 9.80. The summed E-state index contributed by atoms with van der Waals surface area (Å²) in [4.78, 5) is 2.34. The standard InChI is InChI=1S/C6H2BF7N/c8-5-2-3(7(12,13)14)1-4(15-5)6(9,10)11/h1-2H/q-1. The molecule has 0 aliphatic heterocycles. The van der Waals surface area contributed by atoms with E-state index in [0.29, 0.717) is 0 Å². The normalized spacial score (nSPS) is 13.0. The number of hydrogen-bond donors (Lipinski definition) is 0. The van der Waals surface area contributed by atoms with Crippen LogP contribution in [0.25, 0.3) is 0 Å². The molecular formula is C6H2BF7N-. The molecule has 0 aliphatic rings. The minimum absolute atomic E-state index is 0.0742. The fourth-order valence-electron chi connectivity index (χ4n) is 0.851. The van der Waals surface area contributed by atoms with Gasteiger partial charge in [0.15, 0.2) is 0 Å². The molecular weight excluding hydrogens is 230 g/mol. The zero-order valence-corrected chi connectivity index (χ0v) is 6.83. The van der Waals surface area contributed by atoms with Crippen molar-refractivity contribution in [1.82, 2.24) is 4.98 Å². The van der Waals surface area contributed by atoms with Crippen LogP contribution in [0, 0.1) is 5.95 Å². The van der Waals surface area contributed by atoms with E-state index in [4.69, 9.17) is 0 Å². The lowest BCUT2D eigenvalue weighted by Gasteiger charge is -2.16. The van der Waals surface area contributed by atoms with Gasteiger partial charge in [0, 0.05) is 0 Å². The van der Waals surface area contributed by atoms with Crippen molar-refractivity contribution in [2.45, 2.75) is 6.18 Å². The van der Waals surface area contributed by atoms with Gasteiger partial charge in [-0.15, -0.1) is 5.46 Å². The molecule has 0 aliphatic carbocycles. The molecule has 0 saturated carbocycles. The van der Waals surface area contributed by atoms with E-state index in [9.17, 15) is 30.5 Å². The Morgan fingerprint density at radius 3 is 2.00 bits per heavy atom. The highest BCUT2D eigenvalue weighted by molar-refractivity contribution is 6.73. The maximum absolute atomic E-state index is 12.4. The second-order valence-corrected chi connectivity index (χ2v) is 2.68. The minimum atomic E-state index is -5.68. The second-order valence-electron chi connectivity index (χ2n) is 2.68. The molecule has 1 rings (SSSR count). The molecule has 0 saturated heterocycles. The predicted molar refractivity (Wildman–Crippen MR) is 37.9 cm³/mol. The molecule has 15 heavy (non-hydrogen) atoms. The summed E-state index contributed by atoms with van der Waals surface area (Å²) in [5.74, 6) is -1.81. The van der Waals surface area contributed by atoms with Crippen LogP contribution in [-0.2, 0) is 6.18 Å². The highest BCUT2D eigenvalue weighted by atomic mass is 19.4. The predicted octanol–water partition coefficient (Wildman–Crippen LogP) is 2.29. The van der Waals surface area contributed by atoms with Crippen molar-refractivity contribution >= 4 is 12.4 Å². The molecule has 0 bridgehead atoms. The molecule has 84 valence electrons. The summed E-state index contributed by atoms with van der Waals surface area (Å²) in [6, 6.07) is -0.293. The minimum Gasteiger partial charge on any atom is -0.445 e. The van der Waals surface area contributed by atoms with Crippen LogP contribution in [0.2, 0.25) is 0 Å². The topological polar surface area (TPSA) is 12.9 Å². The number of nitrogens with zero attached hydrogens (tertiary/aromatic N) is 1. The summed E-state index contributed by atoms with van der Waals surface area (Å²) >= 11 is 0. The van der Waals surface area contributed by atoms with Crippen molar-refractivity contribution in [2.75, 3.05) is 0 Å². The lowest BCUT2D eigenvalue weighted by Crippen LogP contribution is -2.35. The van der Waals surface area contributed by atoms with Crippen LogP contribution in [-0.4, -0.2) is 12.0 Å². The molecule has 1 aromatic heterocycles. The molecule has 0 fully saturated rings. The Hall–Kier alpha value is -1.28. The Morgan fingerprint density at radius 2 is 1.60 bits per heavy atom. The molecule has 0 aromatic carbocycles. The van der Waals surface area contributed by atoms with Crippen molar-refractivity contribution in [1.29, 1.82) is 0 Å². The van der Waals surface area contributed by atoms with Crippen molar-refractivity contribution < 1.29 is 30.5 Å². The Morgan fingerprint density at radius 1 is 1.07 bits per heavy atom. The fourth-order valence-corrected chi connectivity index (χ4v) is 0.851. The number of aromatic nitrogens is 1. The number of hydrogen-bond acceptors (Lipinski definition) is 1. The van der Waals surface area contributed by atoms with Crippen LogP contribution in [0.3, 0.4) is 0 Å². The summed E-state index contributed by atoms with van der Waals surface area (Å²) in [5, 5.41) is 0. The summed E-state index contributed by atoms with van der Waals surface area (Å²) in [6.45, 7) is -5.68. The zero-order chi connectivity index (χ0) is 11.9. The van der Waals surface area contributed by atoms with Crippen LogP contribution < -0.4 is 5.46 Å². The number of halogens is 7. The van der Waals surface area contributed by atoms with Gasteiger partial charge in [0.1, 0.15) is 5.69 Å². The molecule has 0 N–H and O–H groups in total. The van der Waals surface area contributed by atoms with Gasteiger partial charge < -0.3 is 12.9 Å². The molecule has 1 aromatic rings.